The Morgan fingerprint density at radius 3 is 2.74 bits per heavy atom. The predicted molar refractivity (Wildman–Crippen MR) is 93.9 cm³/mol. The summed E-state index contributed by atoms with van der Waals surface area (Å²) >= 11 is 9.33. The smallest absolute Gasteiger partial charge is 0.407 e. The molecule has 0 saturated carbocycles. The molecule has 2 heterocycles. The van der Waals surface area contributed by atoms with Gasteiger partial charge < -0.3 is 15.0 Å². The number of nitrogens with zero attached hydrogens (tertiary/aromatic N) is 3. The summed E-state index contributed by atoms with van der Waals surface area (Å²) in [5.74, 6) is 1.26. The zero-order valence-corrected chi connectivity index (χ0v) is 15.9. The highest BCUT2D eigenvalue weighted by molar-refractivity contribution is 9.10. The molecule has 8 heteroatoms. The standard InChI is InChI=1S/C15H22BrClN4O2/c1-15(2,3)23-14(22)19-8-10-4-6-21(7-5-10)12-11(16)9-18-13(17)20-12/h9-10H,4-8H2,1-3H3,(H,19,22). The maximum absolute atomic E-state index is 11.7. The lowest BCUT2D eigenvalue weighted by Crippen LogP contribution is -2.40. The number of carbonyl (C=O) groups excluding carboxylic acids is 1. The molecule has 1 N–H and O–H groups in total. The van der Waals surface area contributed by atoms with E-state index in [1.54, 1.807) is 6.20 Å². The van der Waals surface area contributed by atoms with Crippen LogP contribution in [0.4, 0.5) is 10.6 Å². The van der Waals surface area contributed by atoms with Crippen molar-refractivity contribution in [3.63, 3.8) is 0 Å². The number of nitrogens with one attached hydrogen (secondary N) is 1. The summed E-state index contributed by atoms with van der Waals surface area (Å²) in [5.41, 5.74) is -0.466. The molecule has 1 aromatic heterocycles. The molecular formula is C15H22BrClN4O2. The Bertz CT molecular complexity index is 557. The largest absolute Gasteiger partial charge is 0.444 e. The number of halogens is 2. The maximum atomic E-state index is 11.7. The fraction of sp³-hybridized carbons (Fsp3) is 0.667. The zero-order valence-electron chi connectivity index (χ0n) is 13.6. The number of alkyl carbamates (subject to hydrolysis) is 1. The predicted octanol–water partition coefficient (Wildman–Crippen LogP) is 3.63. The summed E-state index contributed by atoms with van der Waals surface area (Å²) in [6, 6.07) is 0. The highest BCUT2D eigenvalue weighted by atomic mass is 79.9. The average molecular weight is 406 g/mol. The van der Waals surface area contributed by atoms with Crippen molar-refractivity contribution in [2.24, 2.45) is 5.92 Å². The molecule has 1 aliphatic rings. The number of anilines is 1. The van der Waals surface area contributed by atoms with Gasteiger partial charge in [-0.05, 0) is 67.1 Å². The van der Waals surface area contributed by atoms with Gasteiger partial charge in [0.1, 0.15) is 11.4 Å². The Morgan fingerprint density at radius 2 is 2.13 bits per heavy atom. The van der Waals surface area contributed by atoms with Crippen LogP contribution < -0.4 is 10.2 Å². The van der Waals surface area contributed by atoms with Gasteiger partial charge in [0, 0.05) is 25.8 Å². The first-order chi connectivity index (χ1) is 10.7. The maximum Gasteiger partial charge on any atom is 0.407 e. The number of amides is 1. The summed E-state index contributed by atoms with van der Waals surface area (Å²) in [7, 11) is 0. The van der Waals surface area contributed by atoms with E-state index in [0.717, 1.165) is 36.2 Å². The lowest BCUT2D eigenvalue weighted by atomic mass is 9.97. The van der Waals surface area contributed by atoms with Crippen LogP contribution in [0.15, 0.2) is 10.7 Å². The first-order valence-electron chi connectivity index (χ1n) is 7.64. The normalized spacial score (nSPS) is 16.3. The Labute approximate surface area is 150 Å². The van der Waals surface area contributed by atoms with Crippen molar-refractivity contribution in [1.29, 1.82) is 0 Å². The van der Waals surface area contributed by atoms with Crippen molar-refractivity contribution in [2.75, 3.05) is 24.5 Å². The van der Waals surface area contributed by atoms with E-state index >= 15 is 0 Å². The van der Waals surface area contributed by atoms with E-state index in [-0.39, 0.29) is 11.4 Å². The fourth-order valence-corrected chi connectivity index (χ4v) is 3.02. The van der Waals surface area contributed by atoms with E-state index in [1.807, 2.05) is 20.8 Å². The second-order valence-corrected chi connectivity index (χ2v) is 7.82. The summed E-state index contributed by atoms with van der Waals surface area (Å²) in [5, 5.41) is 3.10. The molecule has 0 atom stereocenters. The molecule has 0 unspecified atom stereocenters. The minimum atomic E-state index is -0.466. The van der Waals surface area contributed by atoms with Crippen molar-refractivity contribution in [3.8, 4) is 0 Å². The third-order valence-corrected chi connectivity index (χ3v) is 4.29. The Balaban J connectivity index is 1.80. The molecule has 1 aliphatic heterocycles. The van der Waals surface area contributed by atoms with Crippen LogP contribution in [0.2, 0.25) is 5.28 Å². The molecule has 0 aromatic carbocycles. The van der Waals surface area contributed by atoms with Crippen LogP contribution in [-0.2, 0) is 4.74 Å². The second kappa shape index (κ2) is 7.66. The Morgan fingerprint density at radius 1 is 1.48 bits per heavy atom. The van der Waals surface area contributed by atoms with Gasteiger partial charge >= 0.3 is 6.09 Å². The Kier molecular flexibility index (Phi) is 6.08. The van der Waals surface area contributed by atoms with Crippen molar-refractivity contribution >= 4 is 39.4 Å². The minimum Gasteiger partial charge on any atom is -0.444 e. The topological polar surface area (TPSA) is 67.3 Å². The van der Waals surface area contributed by atoms with Crippen molar-refractivity contribution < 1.29 is 9.53 Å². The SMILES string of the molecule is CC(C)(C)OC(=O)NCC1CCN(c2nc(Cl)ncc2Br)CC1. The lowest BCUT2D eigenvalue weighted by molar-refractivity contribution is 0.0517. The number of carbonyl (C=O) groups is 1. The molecule has 0 aliphatic carbocycles. The van der Waals surface area contributed by atoms with Crippen molar-refractivity contribution in [2.45, 2.75) is 39.2 Å². The molecule has 23 heavy (non-hydrogen) atoms. The molecule has 128 valence electrons. The van der Waals surface area contributed by atoms with Crippen LogP contribution in [0.3, 0.4) is 0 Å². The number of hydrogen-bond donors (Lipinski definition) is 1. The van der Waals surface area contributed by atoms with Gasteiger partial charge in [0.2, 0.25) is 5.28 Å². The third kappa shape index (κ3) is 5.80. The number of aromatic nitrogens is 2. The summed E-state index contributed by atoms with van der Waals surface area (Å²) in [6.45, 7) is 7.94. The fourth-order valence-electron chi connectivity index (χ4n) is 2.45. The lowest BCUT2D eigenvalue weighted by Gasteiger charge is -2.33. The molecule has 0 radical (unpaired) electrons. The molecule has 2 rings (SSSR count). The van der Waals surface area contributed by atoms with Crippen molar-refractivity contribution in [1.82, 2.24) is 15.3 Å². The highest BCUT2D eigenvalue weighted by Crippen LogP contribution is 2.28. The molecule has 1 fully saturated rings. The summed E-state index contributed by atoms with van der Waals surface area (Å²) in [4.78, 5) is 22.1. The van der Waals surface area contributed by atoms with Crippen LogP contribution in [0, 0.1) is 5.92 Å². The number of ether oxygens (including phenoxy) is 1. The van der Waals surface area contributed by atoms with Gasteiger partial charge in [0.15, 0.2) is 0 Å². The number of hydrogen-bond acceptors (Lipinski definition) is 5. The van der Waals surface area contributed by atoms with Gasteiger partial charge in [-0.15, -0.1) is 0 Å². The van der Waals surface area contributed by atoms with Gasteiger partial charge in [-0.1, -0.05) is 0 Å². The van der Waals surface area contributed by atoms with Crippen LogP contribution in [0.5, 0.6) is 0 Å². The van der Waals surface area contributed by atoms with E-state index in [9.17, 15) is 4.79 Å². The van der Waals surface area contributed by atoms with Gasteiger partial charge in [-0.25, -0.2) is 9.78 Å². The van der Waals surface area contributed by atoms with Gasteiger partial charge in [0.05, 0.1) is 4.47 Å². The zero-order chi connectivity index (χ0) is 17.0. The molecule has 1 aromatic rings. The quantitative estimate of drug-likeness (QED) is 0.778. The van der Waals surface area contributed by atoms with Crippen LogP contribution in [-0.4, -0.2) is 41.3 Å². The van der Waals surface area contributed by atoms with E-state index in [4.69, 9.17) is 16.3 Å². The van der Waals surface area contributed by atoms with Crippen LogP contribution in [0.1, 0.15) is 33.6 Å². The van der Waals surface area contributed by atoms with E-state index < -0.39 is 5.60 Å². The Hall–Kier alpha value is -1.08. The summed E-state index contributed by atoms with van der Waals surface area (Å²) < 4.78 is 6.09. The number of piperidine rings is 1. The molecule has 1 saturated heterocycles. The van der Waals surface area contributed by atoms with Gasteiger partial charge in [-0.2, -0.15) is 4.98 Å². The summed E-state index contributed by atoms with van der Waals surface area (Å²) in [6.07, 6.45) is 3.26. The average Bonchev–Trinajstić information content (AvgIpc) is 2.46. The van der Waals surface area contributed by atoms with Gasteiger partial charge in [-0.3, -0.25) is 0 Å². The van der Waals surface area contributed by atoms with E-state index in [2.05, 4.69) is 36.1 Å². The molecule has 1 amide bonds. The van der Waals surface area contributed by atoms with Gasteiger partial charge in [0.25, 0.3) is 0 Å². The van der Waals surface area contributed by atoms with E-state index in [0.29, 0.717) is 12.5 Å². The van der Waals surface area contributed by atoms with Crippen LogP contribution >= 0.6 is 27.5 Å². The molecule has 6 nitrogen and oxygen atoms in total. The first kappa shape index (κ1) is 18.3. The van der Waals surface area contributed by atoms with Crippen molar-refractivity contribution in [3.05, 3.63) is 16.0 Å². The first-order valence-corrected chi connectivity index (χ1v) is 8.81. The molecular weight excluding hydrogens is 384 g/mol. The third-order valence-electron chi connectivity index (χ3n) is 3.54. The highest BCUT2D eigenvalue weighted by Gasteiger charge is 2.23. The molecule has 0 bridgehead atoms. The molecule has 0 spiro atoms. The minimum absolute atomic E-state index is 0.247. The monoisotopic (exact) mass is 404 g/mol. The second-order valence-electron chi connectivity index (χ2n) is 6.62. The number of rotatable bonds is 3. The van der Waals surface area contributed by atoms with Crippen LogP contribution in [0.25, 0.3) is 0 Å². The van der Waals surface area contributed by atoms with E-state index in [1.165, 1.54) is 0 Å².